The van der Waals surface area contributed by atoms with Crippen LogP contribution < -0.4 is 4.90 Å². The molecule has 1 saturated heterocycles. The largest absolute Gasteiger partial charge is 0.369 e. The summed E-state index contributed by atoms with van der Waals surface area (Å²) in [5.41, 5.74) is 4.43. The molecule has 0 spiro atoms. The lowest BCUT2D eigenvalue weighted by Crippen LogP contribution is -2.46. The van der Waals surface area contributed by atoms with Crippen molar-refractivity contribution in [3.8, 4) is 11.3 Å². The van der Waals surface area contributed by atoms with E-state index < -0.39 is 0 Å². The van der Waals surface area contributed by atoms with Gasteiger partial charge in [0.1, 0.15) is 5.69 Å². The molecule has 5 rings (SSSR count). The van der Waals surface area contributed by atoms with Crippen LogP contribution in [0.2, 0.25) is 5.02 Å². The van der Waals surface area contributed by atoms with E-state index in [2.05, 4.69) is 78.9 Å². The van der Waals surface area contributed by atoms with Crippen LogP contribution in [-0.2, 0) is 6.54 Å². The van der Waals surface area contributed by atoms with Crippen LogP contribution in [0.4, 0.5) is 5.69 Å². The van der Waals surface area contributed by atoms with Gasteiger partial charge in [-0.2, -0.15) is 5.10 Å². The molecule has 0 bridgehead atoms. The number of para-hydroxylation sites is 1. The first-order valence-corrected chi connectivity index (χ1v) is 12.8. The second-order valence-electron chi connectivity index (χ2n) is 8.58. The lowest BCUT2D eigenvalue weighted by molar-refractivity contribution is 0.251. The first-order chi connectivity index (χ1) is 16.2. The smallest absolute Gasteiger partial charge is 0.102 e. The number of hydrogen-bond donors (Lipinski definition) is 0. The van der Waals surface area contributed by atoms with Crippen molar-refractivity contribution in [2.24, 2.45) is 0 Å². The van der Waals surface area contributed by atoms with Gasteiger partial charge in [0.2, 0.25) is 0 Å². The maximum Gasteiger partial charge on any atom is 0.102 e. The lowest BCUT2D eigenvalue weighted by Gasteiger charge is -2.36. The molecule has 3 aromatic carbocycles. The van der Waals surface area contributed by atoms with Crippen molar-refractivity contribution in [3.05, 3.63) is 82.3 Å². The van der Waals surface area contributed by atoms with Gasteiger partial charge in [-0.3, -0.25) is 9.58 Å². The van der Waals surface area contributed by atoms with Crippen LogP contribution in [0.3, 0.4) is 0 Å². The summed E-state index contributed by atoms with van der Waals surface area (Å²) in [6.07, 6.45) is 2.28. The summed E-state index contributed by atoms with van der Waals surface area (Å²) in [7, 11) is 0. The average molecular weight is 524 g/mol. The molecule has 0 aliphatic carbocycles. The van der Waals surface area contributed by atoms with Crippen molar-refractivity contribution >= 4 is 44.1 Å². The first kappa shape index (κ1) is 22.5. The molecule has 4 aromatic rings. The van der Waals surface area contributed by atoms with E-state index in [-0.39, 0.29) is 0 Å². The summed E-state index contributed by atoms with van der Waals surface area (Å²) in [4.78, 5) is 5.08. The monoisotopic (exact) mass is 522 g/mol. The molecule has 1 aromatic heterocycles. The number of nitrogens with zero attached hydrogens (tertiary/aromatic N) is 4. The number of rotatable bonds is 7. The molecule has 0 amide bonds. The van der Waals surface area contributed by atoms with E-state index in [9.17, 15) is 0 Å². The van der Waals surface area contributed by atoms with Crippen LogP contribution in [0.15, 0.2) is 77.3 Å². The van der Waals surface area contributed by atoms with Crippen molar-refractivity contribution < 1.29 is 0 Å². The number of anilines is 1. The van der Waals surface area contributed by atoms with E-state index in [0.717, 1.165) is 77.3 Å². The van der Waals surface area contributed by atoms with Gasteiger partial charge in [-0.05, 0) is 55.8 Å². The highest BCUT2D eigenvalue weighted by Gasteiger charge is 2.17. The fourth-order valence-electron chi connectivity index (χ4n) is 4.64. The molecule has 0 saturated carbocycles. The number of aryl methyl sites for hydroxylation is 1. The van der Waals surface area contributed by atoms with E-state index in [1.807, 2.05) is 24.3 Å². The van der Waals surface area contributed by atoms with Gasteiger partial charge in [0.25, 0.3) is 0 Å². The van der Waals surface area contributed by atoms with Crippen molar-refractivity contribution in [1.29, 1.82) is 0 Å². The van der Waals surface area contributed by atoms with Crippen LogP contribution >= 0.6 is 27.5 Å². The van der Waals surface area contributed by atoms with Gasteiger partial charge in [0.15, 0.2) is 0 Å². The molecule has 170 valence electrons. The van der Waals surface area contributed by atoms with Crippen molar-refractivity contribution in [1.82, 2.24) is 14.7 Å². The second kappa shape index (κ2) is 10.3. The van der Waals surface area contributed by atoms with Crippen molar-refractivity contribution in [3.63, 3.8) is 0 Å². The molecule has 1 aliphatic heterocycles. The maximum atomic E-state index is 6.50. The quantitative estimate of drug-likeness (QED) is 0.251. The van der Waals surface area contributed by atoms with E-state index in [1.165, 1.54) is 12.1 Å². The molecule has 0 unspecified atom stereocenters. The van der Waals surface area contributed by atoms with Gasteiger partial charge in [-0.1, -0.05) is 63.9 Å². The summed E-state index contributed by atoms with van der Waals surface area (Å²) in [6, 6.07) is 25.1. The summed E-state index contributed by atoms with van der Waals surface area (Å²) >= 11 is 10.1. The van der Waals surface area contributed by atoms with Crippen LogP contribution in [-0.4, -0.2) is 47.4 Å². The molecule has 1 aliphatic rings. The third-order valence-electron chi connectivity index (χ3n) is 6.43. The topological polar surface area (TPSA) is 24.3 Å². The fourth-order valence-corrected chi connectivity index (χ4v) is 5.23. The van der Waals surface area contributed by atoms with Gasteiger partial charge < -0.3 is 4.90 Å². The van der Waals surface area contributed by atoms with E-state index in [0.29, 0.717) is 0 Å². The molecule has 0 atom stereocenters. The Balaban J connectivity index is 1.20. The minimum absolute atomic E-state index is 0.735. The zero-order chi connectivity index (χ0) is 22.6. The molecule has 33 heavy (non-hydrogen) atoms. The van der Waals surface area contributed by atoms with Crippen LogP contribution in [0.1, 0.15) is 12.8 Å². The first-order valence-electron chi connectivity index (χ1n) is 11.6. The minimum Gasteiger partial charge on any atom is -0.369 e. The molecule has 0 radical (unpaired) electrons. The minimum atomic E-state index is 0.735. The van der Waals surface area contributed by atoms with Gasteiger partial charge in [-0.15, -0.1) is 0 Å². The number of aromatic nitrogens is 2. The van der Waals surface area contributed by atoms with Gasteiger partial charge in [0.05, 0.1) is 10.5 Å². The van der Waals surface area contributed by atoms with Crippen LogP contribution in [0.25, 0.3) is 22.2 Å². The number of fused-ring (bicyclic) bond motifs is 1. The third-order valence-corrected chi connectivity index (χ3v) is 7.25. The normalized spacial score (nSPS) is 14.8. The molecular formula is C27H28BrClN4. The number of halogens is 2. The Morgan fingerprint density at radius 3 is 2.33 bits per heavy atom. The summed E-state index contributed by atoms with van der Waals surface area (Å²) in [5.74, 6) is 0. The van der Waals surface area contributed by atoms with E-state index in [4.69, 9.17) is 16.7 Å². The lowest BCUT2D eigenvalue weighted by atomic mass is 10.1. The number of unbranched alkanes of at least 4 members (excludes halogenated alkanes) is 1. The zero-order valence-corrected chi connectivity index (χ0v) is 21.0. The van der Waals surface area contributed by atoms with Gasteiger partial charge in [0, 0.05) is 53.8 Å². The third kappa shape index (κ3) is 5.11. The molecular weight excluding hydrogens is 496 g/mol. The Morgan fingerprint density at radius 1 is 0.818 bits per heavy atom. The Labute approximate surface area is 208 Å². The van der Waals surface area contributed by atoms with Crippen LogP contribution in [0, 0.1) is 0 Å². The summed E-state index contributed by atoms with van der Waals surface area (Å²) in [5, 5.41) is 6.85. The maximum absolute atomic E-state index is 6.50. The van der Waals surface area contributed by atoms with E-state index in [1.54, 1.807) is 0 Å². The predicted molar refractivity (Wildman–Crippen MR) is 142 cm³/mol. The second-order valence-corrected chi connectivity index (χ2v) is 9.91. The summed E-state index contributed by atoms with van der Waals surface area (Å²) in [6.45, 7) is 6.51. The molecule has 1 fully saturated rings. The fraction of sp³-hybridized carbons (Fsp3) is 0.296. The van der Waals surface area contributed by atoms with Crippen molar-refractivity contribution in [2.45, 2.75) is 19.4 Å². The predicted octanol–water partition coefficient (Wildman–Crippen LogP) is 6.72. The molecule has 0 N–H and O–H groups in total. The molecule has 2 heterocycles. The Hall–Kier alpha value is -2.34. The molecule has 6 heteroatoms. The van der Waals surface area contributed by atoms with Crippen LogP contribution in [0.5, 0.6) is 0 Å². The Kier molecular flexibility index (Phi) is 7.00. The Bertz CT molecular complexity index is 1220. The number of hydrogen-bond acceptors (Lipinski definition) is 3. The number of benzene rings is 3. The average Bonchev–Trinajstić information content (AvgIpc) is 3.20. The highest BCUT2D eigenvalue weighted by molar-refractivity contribution is 9.10. The Morgan fingerprint density at radius 2 is 1.55 bits per heavy atom. The highest BCUT2D eigenvalue weighted by Crippen LogP contribution is 2.34. The SMILES string of the molecule is Clc1ccccc1-c1nn(CCCCN2CCN(c3ccccc3)CC2)c2ccc(Br)cc12. The highest BCUT2D eigenvalue weighted by atomic mass is 79.9. The van der Waals surface area contributed by atoms with Gasteiger partial charge >= 0.3 is 0 Å². The van der Waals surface area contributed by atoms with E-state index >= 15 is 0 Å². The van der Waals surface area contributed by atoms with Crippen molar-refractivity contribution in [2.75, 3.05) is 37.6 Å². The molecule has 4 nitrogen and oxygen atoms in total. The van der Waals surface area contributed by atoms with Gasteiger partial charge in [-0.25, -0.2) is 0 Å². The summed E-state index contributed by atoms with van der Waals surface area (Å²) < 4.78 is 3.20. The number of piperazine rings is 1. The standard InChI is InChI=1S/C27H28BrClN4/c28-21-12-13-26-24(20-21)27(23-10-4-5-11-25(23)29)30-33(26)15-7-6-14-31-16-18-32(19-17-31)22-8-2-1-3-9-22/h1-5,8-13,20H,6-7,14-19H2. The zero-order valence-electron chi connectivity index (χ0n) is 18.6.